The van der Waals surface area contributed by atoms with Crippen LogP contribution in [0.1, 0.15) is 17.5 Å². The highest BCUT2D eigenvalue weighted by molar-refractivity contribution is 6.30. The molecule has 0 bridgehead atoms. The van der Waals surface area contributed by atoms with E-state index in [-0.39, 0.29) is 0 Å². The summed E-state index contributed by atoms with van der Waals surface area (Å²) in [6, 6.07) is 12.4. The third kappa shape index (κ3) is 5.31. The number of aryl methyl sites for hydroxylation is 1. The molecule has 1 fully saturated rings. The SMILES string of the molecule is Clc1cccc(CN2CCN(CCCc3cccnc3)CC2)c1. The fourth-order valence-corrected chi connectivity index (χ4v) is 3.33. The summed E-state index contributed by atoms with van der Waals surface area (Å²) < 4.78 is 0. The van der Waals surface area contributed by atoms with Crippen LogP contribution in [0.4, 0.5) is 0 Å². The summed E-state index contributed by atoms with van der Waals surface area (Å²) in [6.07, 6.45) is 6.14. The average Bonchev–Trinajstić information content (AvgIpc) is 2.58. The molecule has 0 radical (unpaired) electrons. The molecule has 0 unspecified atom stereocenters. The van der Waals surface area contributed by atoms with Gasteiger partial charge in [0.2, 0.25) is 0 Å². The van der Waals surface area contributed by atoms with Crippen LogP contribution in [-0.2, 0) is 13.0 Å². The van der Waals surface area contributed by atoms with E-state index in [2.05, 4.69) is 33.0 Å². The second kappa shape index (κ2) is 8.44. The number of piperazine rings is 1. The van der Waals surface area contributed by atoms with Gasteiger partial charge >= 0.3 is 0 Å². The molecule has 1 aromatic carbocycles. The molecule has 23 heavy (non-hydrogen) atoms. The lowest BCUT2D eigenvalue weighted by molar-refractivity contribution is 0.126. The fraction of sp³-hybridized carbons (Fsp3) is 0.421. The number of pyridine rings is 1. The minimum absolute atomic E-state index is 0.830. The highest BCUT2D eigenvalue weighted by atomic mass is 35.5. The lowest BCUT2D eigenvalue weighted by Crippen LogP contribution is -2.46. The van der Waals surface area contributed by atoms with Gasteiger partial charge in [-0.2, -0.15) is 0 Å². The number of hydrogen-bond acceptors (Lipinski definition) is 3. The lowest BCUT2D eigenvalue weighted by Gasteiger charge is -2.34. The van der Waals surface area contributed by atoms with Gasteiger partial charge in [-0.25, -0.2) is 0 Å². The van der Waals surface area contributed by atoms with Crippen LogP contribution in [0.3, 0.4) is 0 Å². The van der Waals surface area contributed by atoms with Gasteiger partial charge in [0.25, 0.3) is 0 Å². The summed E-state index contributed by atoms with van der Waals surface area (Å²) in [5.41, 5.74) is 2.65. The van der Waals surface area contributed by atoms with Crippen molar-refractivity contribution in [3.63, 3.8) is 0 Å². The van der Waals surface area contributed by atoms with Crippen molar-refractivity contribution in [1.82, 2.24) is 14.8 Å². The van der Waals surface area contributed by atoms with Crippen LogP contribution >= 0.6 is 11.6 Å². The first kappa shape index (κ1) is 16.4. The smallest absolute Gasteiger partial charge is 0.0409 e. The van der Waals surface area contributed by atoms with E-state index in [1.807, 2.05) is 30.6 Å². The Balaban J connectivity index is 1.37. The number of benzene rings is 1. The van der Waals surface area contributed by atoms with Crippen LogP contribution in [0.25, 0.3) is 0 Å². The number of nitrogens with zero attached hydrogens (tertiary/aromatic N) is 3. The molecule has 1 aromatic heterocycles. The van der Waals surface area contributed by atoms with Crippen LogP contribution in [-0.4, -0.2) is 47.5 Å². The molecule has 1 aliphatic rings. The molecule has 0 atom stereocenters. The summed E-state index contributed by atoms with van der Waals surface area (Å²) in [6.45, 7) is 6.78. The Morgan fingerprint density at radius 3 is 2.48 bits per heavy atom. The maximum Gasteiger partial charge on any atom is 0.0409 e. The maximum absolute atomic E-state index is 6.06. The number of hydrogen-bond donors (Lipinski definition) is 0. The van der Waals surface area contributed by atoms with Gasteiger partial charge in [-0.3, -0.25) is 9.88 Å². The predicted octanol–water partition coefficient (Wildman–Crippen LogP) is 3.49. The molecule has 0 aliphatic carbocycles. The normalized spacial score (nSPS) is 16.6. The molecule has 3 nitrogen and oxygen atoms in total. The van der Waals surface area contributed by atoms with E-state index in [0.29, 0.717) is 0 Å². The van der Waals surface area contributed by atoms with E-state index < -0.39 is 0 Å². The maximum atomic E-state index is 6.06. The monoisotopic (exact) mass is 329 g/mol. The molecule has 2 heterocycles. The largest absolute Gasteiger partial charge is 0.301 e. The van der Waals surface area contributed by atoms with E-state index >= 15 is 0 Å². The second-order valence-corrected chi connectivity index (χ2v) is 6.65. The first-order valence-electron chi connectivity index (χ1n) is 8.38. The van der Waals surface area contributed by atoms with Crippen molar-refractivity contribution in [2.45, 2.75) is 19.4 Å². The van der Waals surface area contributed by atoms with Crippen molar-refractivity contribution >= 4 is 11.6 Å². The summed E-state index contributed by atoms with van der Waals surface area (Å²) in [7, 11) is 0. The van der Waals surface area contributed by atoms with Crippen LogP contribution in [0.5, 0.6) is 0 Å². The van der Waals surface area contributed by atoms with E-state index in [4.69, 9.17) is 11.6 Å². The minimum atomic E-state index is 0.830. The van der Waals surface area contributed by atoms with Crippen molar-refractivity contribution < 1.29 is 0 Å². The summed E-state index contributed by atoms with van der Waals surface area (Å²) in [5, 5.41) is 0.830. The number of rotatable bonds is 6. The molecule has 1 aliphatic heterocycles. The molecule has 4 heteroatoms. The number of aromatic nitrogens is 1. The predicted molar refractivity (Wildman–Crippen MR) is 95.7 cm³/mol. The van der Waals surface area contributed by atoms with Gasteiger partial charge in [0.15, 0.2) is 0 Å². The summed E-state index contributed by atoms with van der Waals surface area (Å²) in [4.78, 5) is 9.27. The Kier molecular flexibility index (Phi) is 6.03. The first-order chi connectivity index (χ1) is 11.3. The molecule has 3 rings (SSSR count). The highest BCUT2D eigenvalue weighted by Gasteiger charge is 2.16. The van der Waals surface area contributed by atoms with E-state index in [0.717, 1.165) is 44.2 Å². The third-order valence-corrected chi connectivity index (χ3v) is 4.66. The quantitative estimate of drug-likeness (QED) is 0.808. The van der Waals surface area contributed by atoms with Crippen LogP contribution in [0.15, 0.2) is 48.8 Å². The van der Waals surface area contributed by atoms with Crippen LogP contribution < -0.4 is 0 Å². The molecule has 0 amide bonds. The van der Waals surface area contributed by atoms with Gasteiger partial charge in [-0.15, -0.1) is 0 Å². The average molecular weight is 330 g/mol. The molecule has 0 saturated carbocycles. The van der Waals surface area contributed by atoms with Gasteiger partial charge in [-0.1, -0.05) is 29.8 Å². The molecular weight excluding hydrogens is 306 g/mol. The van der Waals surface area contributed by atoms with Crippen molar-refractivity contribution in [3.05, 3.63) is 64.9 Å². The second-order valence-electron chi connectivity index (χ2n) is 6.21. The van der Waals surface area contributed by atoms with Crippen LogP contribution in [0, 0.1) is 0 Å². The fourth-order valence-electron chi connectivity index (χ4n) is 3.12. The van der Waals surface area contributed by atoms with Crippen molar-refractivity contribution in [2.75, 3.05) is 32.7 Å². The third-order valence-electron chi connectivity index (χ3n) is 4.42. The summed E-state index contributed by atoms with van der Waals surface area (Å²) in [5.74, 6) is 0. The standard InChI is InChI=1S/C19H24ClN3/c20-19-7-1-4-18(14-19)16-23-12-10-22(11-13-23)9-3-6-17-5-2-8-21-15-17/h1-2,4-5,7-8,14-15H,3,6,9-13,16H2. The van der Waals surface area contributed by atoms with Crippen molar-refractivity contribution in [2.24, 2.45) is 0 Å². The topological polar surface area (TPSA) is 19.4 Å². The van der Waals surface area contributed by atoms with Gasteiger partial charge in [-0.05, 0) is 48.7 Å². The zero-order valence-electron chi connectivity index (χ0n) is 13.5. The van der Waals surface area contributed by atoms with Crippen molar-refractivity contribution in [3.8, 4) is 0 Å². The molecule has 0 N–H and O–H groups in total. The molecule has 1 saturated heterocycles. The van der Waals surface area contributed by atoms with Crippen LogP contribution in [0.2, 0.25) is 5.02 Å². The van der Waals surface area contributed by atoms with Gasteiger partial charge in [0.05, 0.1) is 0 Å². The minimum Gasteiger partial charge on any atom is -0.301 e. The van der Waals surface area contributed by atoms with Gasteiger partial charge in [0, 0.05) is 50.1 Å². The molecular formula is C19H24ClN3. The number of halogens is 1. The Morgan fingerprint density at radius 1 is 0.957 bits per heavy atom. The molecule has 122 valence electrons. The Hall–Kier alpha value is -1.42. The summed E-state index contributed by atoms with van der Waals surface area (Å²) >= 11 is 6.06. The Labute approximate surface area is 143 Å². The Bertz CT molecular complexity index is 595. The molecule has 2 aromatic rings. The zero-order valence-corrected chi connectivity index (χ0v) is 14.3. The van der Waals surface area contributed by atoms with Gasteiger partial charge in [0.1, 0.15) is 0 Å². The lowest BCUT2D eigenvalue weighted by atomic mass is 10.1. The molecule has 0 spiro atoms. The first-order valence-corrected chi connectivity index (χ1v) is 8.75. The van der Waals surface area contributed by atoms with E-state index in [9.17, 15) is 0 Å². The Morgan fingerprint density at radius 2 is 1.74 bits per heavy atom. The zero-order chi connectivity index (χ0) is 15.9. The van der Waals surface area contributed by atoms with Crippen molar-refractivity contribution in [1.29, 1.82) is 0 Å². The van der Waals surface area contributed by atoms with E-state index in [1.54, 1.807) is 0 Å². The highest BCUT2D eigenvalue weighted by Crippen LogP contribution is 2.14. The van der Waals surface area contributed by atoms with E-state index in [1.165, 1.54) is 24.1 Å². The van der Waals surface area contributed by atoms with Gasteiger partial charge < -0.3 is 4.90 Å².